The van der Waals surface area contributed by atoms with Crippen LogP contribution in [0.5, 0.6) is 0 Å². The first-order valence-electron chi connectivity index (χ1n) is 6.23. The average Bonchev–Trinajstić information content (AvgIpc) is 2.78. The van der Waals surface area contributed by atoms with Crippen molar-refractivity contribution in [3.63, 3.8) is 0 Å². The topological polar surface area (TPSA) is 90.0 Å². The Morgan fingerprint density at radius 3 is 2.75 bits per heavy atom. The summed E-state index contributed by atoms with van der Waals surface area (Å²) in [5.74, 6) is 0. The van der Waals surface area contributed by atoms with E-state index in [-0.39, 0.29) is 4.90 Å². The summed E-state index contributed by atoms with van der Waals surface area (Å²) in [6, 6.07) is 6.71. The van der Waals surface area contributed by atoms with Crippen LogP contribution in [0.15, 0.2) is 35.4 Å². The second-order valence-corrected chi connectivity index (χ2v) is 6.39. The van der Waals surface area contributed by atoms with Gasteiger partial charge in [0.15, 0.2) is 0 Å². The van der Waals surface area contributed by atoms with Gasteiger partial charge in [-0.15, -0.1) is 0 Å². The molecule has 7 heteroatoms. The van der Waals surface area contributed by atoms with Gasteiger partial charge in [-0.2, -0.15) is 5.10 Å². The highest BCUT2D eigenvalue weighted by molar-refractivity contribution is 7.89. The lowest BCUT2D eigenvalue weighted by molar-refractivity contribution is 0.580. The van der Waals surface area contributed by atoms with Crippen LogP contribution < -0.4 is 10.5 Å². The molecule has 108 valence electrons. The third-order valence-corrected chi connectivity index (χ3v) is 4.55. The largest absolute Gasteiger partial charge is 0.399 e. The fraction of sp³-hybridized carbons (Fsp3) is 0.308. The molecule has 0 atom stereocenters. The van der Waals surface area contributed by atoms with Crippen LogP contribution in [-0.4, -0.2) is 24.7 Å². The number of hydrogen-bond acceptors (Lipinski definition) is 4. The van der Waals surface area contributed by atoms with E-state index in [1.807, 2.05) is 19.3 Å². The number of nitrogen functional groups attached to an aromatic ring is 1. The molecular formula is C13H18N4O2S. The zero-order valence-electron chi connectivity index (χ0n) is 11.5. The minimum absolute atomic E-state index is 0.221. The lowest BCUT2D eigenvalue weighted by Gasteiger charge is -2.09. The van der Waals surface area contributed by atoms with E-state index < -0.39 is 10.0 Å². The van der Waals surface area contributed by atoms with E-state index in [0.29, 0.717) is 24.2 Å². The van der Waals surface area contributed by atoms with Gasteiger partial charge in [-0.3, -0.25) is 4.68 Å². The predicted molar refractivity (Wildman–Crippen MR) is 77.7 cm³/mol. The quantitative estimate of drug-likeness (QED) is 0.799. The van der Waals surface area contributed by atoms with Gasteiger partial charge in [-0.05, 0) is 30.7 Å². The van der Waals surface area contributed by atoms with Crippen LogP contribution in [0.4, 0.5) is 5.69 Å². The van der Waals surface area contributed by atoms with Gasteiger partial charge in [0.05, 0.1) is 10.6 Å². The third kappa shape index (κ3) is 3.37. The number of anilines is 1. The van der Waals surface area contributed by atoms with Gasteiger partial charge < -0.3 is 5.73 Å². The molecule has 1 aromatic carbocycles. The average molecular weight is 294 g/mol. The van der Waals surface area contributed by atoms with Crippen molar-refractivity contribution in [2.45, 2.75) is 18.2 Å². The minimum atomic E-state index is -3.54. The van der Waals surface area contributed by atoms with Gasteiger partial charge >= 0.3 is 0 Å². The Morgan fingerprint density at radius 1 is 1.35 bits per heavy atom. The fourth-order valence-corrected chi connectivity index (χ4v) is 3.20. The number of rotatable bonds is 5. The molecule has 6 nitrogen and oxygen atoms in total. The SMILES string of the molecule is Cc1ccc(N)cc1S(=O)(=O)NCCc1ccn(C)n1. The molecule has 0 unspecified atom stereocenters. The van der Waals surface area contributed by atoms with Crippen molar-refractivity contribution in [1.82, 2.24) is 14.5 Å². The van der Waals surface area contributed by atoms with E-state index in [4.69, 9.17) is 5.73 Å². The number of aromatic nitrogens is 2. The monoisotopic (exact) mass is 294 g/mol. The summed E-state index contributed by atoms with van der Waals surface area (Å²) in [7, 11) is -1.72. The van der Waals surface area contributed by atoms with Gasteiger partial charge in [0.2, 0.25) is 10.0 Å². The van der Waals surface area contributed by atoms with E-state index in [9.17, 15) is 8.42 Å². The standard InChI is InChI=1S/C13H18N4O2S/c1-10-3-4-11(14)9-13(10)20(18,19)15-7-5-12-6-8-17(2)16-12/h3-4,6,8-9,15H,5,7,14H2,1-2H3. The molecule has 20 heavy (non-hydrogen) atoms. The van der Waals surface area contributed by atoms with E-state index in [1.54, 1.807) is 23.7 Å². The first-order chi connectivity index (χ1) is 9.38. The Kier molecular flexibility index (Phi) is 4.10. The van der Waals surface area contributed by atoms with Crippen LogP contribution >= 0.6 is 0 Å². The molecule has 0 bridgehead atoms. The summed E-state index contributed by atoms with van der Waals surface area (Å²) < 4.78 is 28.7. The molecule has 2 rings (SSSR count). The molecule has 0 spiro atoms. The lowest BCUT2D eigenvalue weighted by atomic mass is 10.2. The fourth-order valence-electron chi connectivity index (χ4n) is 1.89. The highest BCUT2D eigenvalue weighted by atomic mass is 32.2. The molecule has 0 fully saturated rings. The van der Waals surface area contributed by atoms with Gasteiger partial charge in [0, 0.05) is 31.9 Å². The minimum Gasteiger partial charge on any atom is -0.399 e. The zero-order chi connectivity index (χ0) is 14.8. The van der Waals surface area contributed by atoms with E-state index >= 15 is 0 Å². The molecule has 1 heterocycles. The molecular weight excluding hydrogens is 276 g/mol. The Hall–Kier alpha value is -1.86. The van der Waals surface area contributed by atoms with Gasteiger partial charge in [0.1, 0.15) is 0 Å². The van der Waals surface area contributed by atoms with E-state index in [1.165, 1.54) is 6.07 Å². The maximum Gasteiger partial charge on any atom is 0.240 e. The van der Waals surface area contributed by atoms with Crippen molar-refractivity contribution in [2.24, 2.45) is 7.05 Å². The number of hydrogen-bond donors (Lipinski definition) is 2. The molecule has 0 aliphatic rings. The molecule has 0 aliphatic carbocycles. The Labute approximate surface area is 118 Å². The number of nitrogens with zero attached hydrogens (tertiary/aromatic N) is 2. The molecule has 3 N–H and O–H groups in total. The molecule has 0 radical (unpaired) electrons. The van der Waals surface area contributed by atoms with Crippen molar-refractivity contribution >= 4 is 15.7 Å². The van der Waals surface area contributed by atoms with E-state index in [2.05, 4.69) is 9.82 Å². The summed E-state index contributed by atoms with van der Waals surface area (Å²) in [4.78, 5) is 0.221. The van der Waals surface area contributed by atoms with Crippen LogP contribution in [0, 0.1) is 6.92 Å². The zero-order valence-corrected chi connectivity index (χ0v) is 12.3. The van der Waals surface area contributed by atoms with Crippen LogP contribution in [0.3, 0.4) is 0 Å². The highest BCUT2D eigenvalue weighted by Crippen LogP contribution is 2.17. The molecule has 0 saturated carbocycles. The number of benzene rings is 1. The normalized spacial score (nSPS) is 11.7. The van der Waals surface area contributed by atoms with Crippen molar-refractivity contribution < 1.29 is 8.42 Å². The van der Waals surface area contributed by atoms with Crippen molar-refractivity contribution in [2.75, 3.05) is 12.3 Å². The summed E-state index contributed by atoms with van der Waals surface area (Å²) in [5.41, 5.74) is 7.59. The smallest absolute Gasteiger partial charge is 0.240 e. The van der Waals surface area contributed by atoms with Crippen molar-refractivity contribution in [1.29, 1.82) is 0 Å². The highest BCUT2D eigenvalue weighted by Gasteiger charge is 2.16. The molecule has 2 aromatic rings. The maximum absolute atomic E-state index is 12.2. The second kappa shape index (κ2) is 5.64. The predicted octanol–water partition coefficient (Wildman–Crippen LogP) is 0.832. The Morgan fingerprint density at radius 2 is 2.10 bits per heavy atom. The molecule has 1 aromatic heterocycles. The maximum atomic E-state index is 12.2. The number of nitrogens with one attached hydrogen (secondary N) is 1. The lowest BCUT2D eigenvalue weighted by Crippen LogP contribution is -2.26. The molecule has 0 amide bonds. The first-order valence-corrected chi connectivity index (χ1v) is 7.71. The number of nitrogens with two attached hydrogens (primary N) is 1. The molecule has 0 saturated heterocycles. The molecule has 0 aliphatic heterocycles. The summed E-state index contributed by atoms with van der Waals surface area (Å²) in [6.45, 7) is 2.04. The van der Waals surface area contributed by atoms with Gasteiger partial charge in [-0.1, -0.05) is 6.07 Å². The third-order valence-electron chi connectivity index (χ3n) is 2.94. The van der Waals surface area contributed by atoms with E-state index in [0.717, 1.165) is 5.69 Å². The summed E-state index contributed by atoms with van der Waals surface area (Å²) in [6.07, 6.45) is 2.37. The Bertz CT molecular complexity index is 707. The van der Waals surface area contributed by atoms with Crippen LogP contribution in [-0.2, 0) is 23.5 Å². The second-order valence-electron chi connectivity index (χ2n) is 4.65. The first kappa shape index (κ1) is 14.5. The van der Waals surface area contributed by atoms with Crippen LogP contribution in [0.2, 0.25) is 0 Å². The van der Waals surface area contributed by atoms with Crippen LogP contribution in [0.25, 0.3) is 0 Å². The Balaban J connectivity index is 2.06. The van der Waals surface area contributed by atoms with Crippen molar-refractivity contribution in [3.8, 4) is 0 Å². The van der Waals surface area contributed by atoms with Gasteiger partial charge in [-0.25, -0.2) is 13.1 Å². The van der Waals surface area contributed by atoms with Crippen molar-refractivity contribution in [3.05, 3.63) is 41.7 Å². The number of sulfonamides is 1. The number of aryl methyl sites for hydroxylation is 2. The van der Waals surface area contributed by atoms with Crippen LogP contribution in [0.1, 0.15) is 11.3 Å². The summed E-state index contributed by atoms with van der Waals surface area (Å²) >= 11 is 0. The van der Waals surface area contributed by atoms with Gasteiger partial charge in [0.25, 0.3) is 0 Å². The summed E-state index contributed by atoms with van der Waals surface area (Å²) in [5, 5.41) is 4.20.